The summed E-state index contributed by atoms with van der Waals surface area (Å²) in [6.45, 7) is 0.231. The van der Waals surface area contributed by atoms with Gasteiger partial charge >= 0.3 is 5.97 Å². The molecule has 0 radical (unpaired) electrons. The number of para-hydroxylation sites is 1. The molecule has 6 nitrogen and oxygen atoms in total. The van der Waals surface area contributed by atoms with Crippen molar-refractivity contribution in [1.82, 2.24) is 0 Å². The molecule has 1 heterocycles. The molecule has 0 saturated carbocycles. The van der Waals surface area contributed by atoms with Crippen LogP contribution in [0.4, 0.5) is 5.69 Å². The lowest BCUT2D eigenvalue weighted by Crippen LogP contribution is -2.26. The van der Waals surface area contributed by atoms with E-state index in [-0.39, 0.29) is 30.2 Å². The number of benzene rings is 1. The highest BCUT2D eigenvalue weighted by atomic mass is 16.7. The molecule has 1 aromatic rings. The van der Waals surface area contributed by atoms with Crippen molar-refractivity contribution in [2.45, 2.75) is 6.42 Å². The summed E-state index contributed by atoms with van der Waals surface area (Å²) in [5, 5.41) is 9.64. The molecule has 0 spiro atoms. The molecular formula is C11H9NO5. The standard InChI is InChI=1S/C11H9NO5/c13-9-5-6-17-12(9)8-4-2-1-3-7(8)10(14)11(15)16/h1-4H,5-6H2,(H,15,16). The topological polar surface area (TPSA) is 83.9 Å². The maximum atomic E-state index is 11.5. The van der Waals surface area contributed by atoms with Crippen LogP contribution in [-0.4, -0.2) is 29.4 Å². The van der Waals surface area contributed by atoms with Crippen LogP contribution >= 0.6 is 0 Å². The number of carbonyl (C=O) groups is 3. The summed E-state index contributed by atoms with van der Waals surface area (Å²) in [6.07, 6.45) is 0.218. The van der Waals surface area contributed by atoms with Crippen LogP contribution in [0.2, 0.25) is 0 Å². The van der Waals surface area contributed by atoms with Crippen LogP contribution in [-0.2, 0) is 14.4 Å². The minimum absolute atomic E-state index is 0.0600. The first-order valence-corrected chi connectivity index (χ1v) is 4.94. The van der Waals surface area contributed by atoms with Crippen molar-refractivity contribution in [2.24, 2.45) is 0 Å². The minimum atomic E-state index is -1.57. The van der Waals surface area contributed by atoms with Gasteiger partial charge in [0.15, 0.2) is 0 Å². The first-order chi connectivity index (χ1) is 8.11. The van der Waals surface area contributed by atoms with Gasteiger partial charge < -0.3 is 5.11 Å². The fraction of sp³-hybridized carbons (Fsp3) is 0.182. The molecule has 0 atom stereocenters. The highest BCUT2D eigenvalue weighted by Crippen LogP contribution is 2.24. The van der Waals surface area contributed by atoms with Gasteiger partial charge in [0.2, 0.25) is 0 Å². The van der Waals surface area contributed by atoms with Crippen molar-refractivity contribution in [3.8, 4) is 0 Å². The third-order valence-corrected chi connectivity index (χ3v) is 2.32. The van der Waals surface area contributed by atoms with Gasteiger partial charge in [0, 0.05) is 0 Å². The Kier molecular flexibility index (Phi) is 2.88. The van der Waals surface area contributed by atoms with Crippen molar-refractivity contribution in [2.75, 3.05) is 11.7 Å². The summed E-state index contributed by atoms with van der Waals surface area (Å²) in [4.78, 5) is 38.6. The fourth-order valence-electron chi connectivity index (χ4n) is 1.56. The summed E-state index contributed by atoms with van der Waals surface area (Å²) in [6, 6.07) is 5.95. The van der Waals surface area contributed by atoms with Gasteiger partial charge in [0.05, 0.1) is 24.3 Å². The van der Waals surface area contributed by atoms with E-state index in [2.05, 4.69) is 0 Å². The first-order valence-electron chi connectivity index (χ1n) is 4.94. The molecule has 1 N–H and O–H groups in total. The van der Waals surface area contributed by atoms with Gasteiger partial charge in [0.25, 0.3) is 11.7 Å². The Labute approximate surface area is 96.4 Å². The number of nitrogens with zero attached hydrogens (tertiary/aromatic N) is 1. The van der Waals surface area contributed by atoms with E-state index in [4.69, 9.17) is 9.94 Å². The summed E-state index contributed by atoms with van der Waals surface area (Å²) in [5.41, 5.74) is 0.109. The molecule has 0 aromatic heterocycles. The third-order valence-electron chi connectivity index (χ3n) is 2.32. The molecular weight excluding hydrogens is 226 g/mol. The smallest absolute Gasteiger partial charge is 0.377 e. The monoisotopic (exact) mass is 235 g/mol. The van der Waals surface area contributed by atoms with Gasteiger partial charge in [-0.15, -0.1) is 0 Å². The van der Waals surface area contributed by atoms with Crippen LogP contribution in [0.3, 0.4) is 0 Å². The Bertz CT molecular complexity index is 496. The zero-order valence-corrected chi connectivity index (χ0v) is 8.75. The normalized spacial score (nSPS) is 15.1. The zero-order valence-electron chi connectivity index (χ0n) is 8.75. The van der Waals surface area contributed by atoms with Crippen molar-refractivity contribution in [3.63, 3.8) is 0 Å². The van der Waals surface area contributed by atoms with E-state index in [0.717, 1.165) is 5.06 Å². The molecule has 1 amide bonds. The molecule has 0 bridgehead atoms. The number of anilines is 1. The summed E-state index contributed by atoms with van der Waals surface area (Å²) in [7, 11) is 0. The van der Waals surface area contributed by atoms with Crippen molar-refractivity contribution in [1.29, 1.82) is 0 Å². The highest BCUT2D eigenvalue weighted by Gasteiger charge is 2.28. The van der Waals surface area contributed by atoms with E-state index < -0.39 is 11.8 Å². The number of aliphatic carboxylic acids is 1. The second-order valence-electron chi connectivity index (χ2n) is 3.42. The zero-order chi connectivity index (χ0) is 12.4. The number of hydrogen-bond donors (Lipinski definition) is 1. The highest BCUT2D eigenvalue weighted by molar-refractivity contribution is 6.41. The second kappa shape index (κ2) is 4.34. The van der Waals surface area contributed by atoms with E-state index in [1.165, 1.54) is 18.2 Å². The maximum absolute atomic E-state index is 11.5. The minimum Gasteiger partial charge on any atom is -0.475 e. The Balaban J connectivity index is 2.43. The van der Waals surface area contributed by atoms with Gasteiger partial charge in [-0.1, -0.05) is 12.1 Å². The molecule has 17 heavy (non-hydrogen) atoms. The maximum Gasteiger partial charge on any atom is 0.377 e. The molecule has 1 saturated heterocycles. The predicted octanol–water partition coefficient (Wildman–Crippen LogP) is 0.622. The van der Waals surface area contributed by atoms with E-state index in [0.29, 0.717) is 0 Å². The SMILES string of the molecule is O=C(O)C(=O)c1ccccc1N1OCCC1=O. The molecule has 1 aliphatic rings. The Morgan fingerprint density at radius 2 is 2.00 bits per heavy atom. The van der Waals surface area contributed by atoms with Gasteiger partial charge in [-0.2, -0.15) is 5.06 Å². The molecule has 6 heteroatoms. The molecule has 1 aliphatic heterocycles. The second-order valence-corrected chi connectivity index (χ2v) is 3.42. The molecule has 0 aliphatic carbocycles. The number of hydrogen-bond acceptors (Lipinski definition) is 4. The molecule has 1 fully saturated rings. The Hall–Kier alpha value is -2.21. The average Bonchev–Trinajstić information content (AvgIpc) is 2.74. The Morgan fingerprint density at radius 1 is 1.29 bits per heavy atom. The summed E-state index contributed by atoms with van der Waals surface area (Å²) in [5.74, 6) is -2.93. The van der Waals surface area contributed by atoms with Crippen LogP contribution in [0, 0.1) is 0 Å². The number of carboxylic acids is 1. The lowest BCUT2D eigenvalue weighted by Gasteiger charge is -2.16. The number of carbonyl (C=O) groups excluding carboxylic acids is 2. The van der Waals surface area contributed by atoms with Crippen molar-refractivity contribution in [3.05, 3.63) is 29.8 Å². The average molecular weight is 235 g/mol. The molecule has 88 valence electrons. The van der Waals surface area contributed by atoms with Gasteiger partial charge in [-0.25, -0.2) is 4.79 Å². The summed E-state index contributed by atoms with van der Waals surface area (Å²) >= 11 is 0. The van der Waals surface area contributed by atoms with E-state index >= 15 is 0 Å². The lowest BCUT2D eigenvalue weighted by molar-refractivity contribution is -0.131. The van der Waals surface area contributed by atoms with Crippen LogP contribution in [0.15, 0.2) is 24.3 Å². The first kappa shape index (κ1) is 11.3. The molecule has 2 rings (SSSR count). The predicted molar refractivity (Wildman–Crippen MR) is 56.5 cm³/mol. The van der Waals surface area contributed by atoms with E-state index in [1.807, 2.05) is 0 Å². The van der Waals surface area contributed by atoms with Crippen LogP contribution in [0.1, 0.15) is 16.8 Å². The van der Waals surface area contributed by atoms with Crippen LogP contribution in [0.5, 0.6) is 0 Å². The van der Waals surface area contributed by atoms with Gasteiger partial charge in [-0.05, 0) is 12.1 Å². The van der Waals surface area contributed by atoms with Gasteiger partial charge in [-0.3, -0.25) is 14.4 Å². The number of ketones is 1. The van der Waals surface area contributed by atoms with Crippen molar-refractivity contribution < 1.29 is 24.3 Å². The number of Topliss-reactive ketones (excluding diaryl/α,β-unsaturated/α-hetero) is 1. The largest absolute Gasteiger partial charge is 0.475 e. The van der Waals surface area contributed by atoms with Crippen molar-refractivity contribution >= 4 is 23.3 Å². The molecule has 0 unspecified atom stereocenters. The Morgan fingerprint density at radius 3 is 2.59 bits per heavy atom. The number of amides is 1. The van der Waals surface area contributed by atoms with Gasteiger partial charge in [0.1, 0.15) is 0 Å². The lowest BCUT2D eigenvalue weighted by atomic mass is 10.1. The van der Waals surface area contributed by atoms with E-state index in [1.54, 1.807) is 6.07 Å². The molecule has 1 aromatic carbocycles. The number of carboxylic acid groups (broad SMARTS) is 1. The number of rotatable bonds is 3. The third kappa shape index (κ3) is 2.02. The van der Waals surface area contributed by atoms with Crippen LogP contribution < -0.4 is 5.06 Å². The quantitative estimate of drug-likeness (QED) is 0.613. The fourth-order valence-corrected chi connectivity index (χ4v) is 1.56. The van der Waals surface area contributed by atoms with E-state index in [9.17, 15) is 14.4 Å². The summed E-state index contributed by atoms with van der Waals surface area (Å²) < 4.78 is 0. The number of hydroxylamine groups is 1. The van der Waals surface area contributed by atoms with Crippen LogP contribution in [0.25, 0.3) is 0 Å².